The minimum absolute atomic E-state index is 0.869. The van der Waals surface area contributed by atoms with Gasteiger partial charge in [0, 0.05) is 22.8 Å². The van der Waals surface area contributed by atoms with Crippen LogP contribution in [-0.2, 0) is 0 Å². The van der Waals surface area contributed by atoms with Gasteiger partial charge in [-0.25, -0.2) is 0 Å². The van der Waals surface area contributed by atoms with Crippen molar-refractivity contribution in [1.29, 1.82) is 0 Å². The average molecular weight is 323 g/mol. The van der Waals surface area contributed by atoms with E-state index in [2.05, 4.69) is 77.5 Å². The van der Waals surface area contributed by atoms with Crippen LogP contribution in [0.4, 0.5) is 0 Å². The van der Waals surface area contributed by atoms with Gasteiger partial charge in [-0.1, -0.05) is 48.5 Å². The fraction of sp³-hybridized carbons (Fsp3) is 0.0435. The molecule has 3 aromatic rings. The Morgan fingerprint density at radius 1 is 0.720 bits per heavy atom. The Morgan fingerprint density at radius 2 is 1.40 bits per heavy atom. The summed E-state index contributed by atoms with van der Waals surface area (Å²) in [5.41, 5.74) is 3.67. The van der Waals surface area contributed by atoms with E-state index in [0.717, 1.165) is 11.4 Å². The Balaban J connectivity index is 1.92. The van der Waals surface area contributed by atoms with Gasteiger partial charge in [-0.05, 0) is 46.5 Å². The molecule has 2 heteroatoms. The van der Waals surface area contributed by atoms with Crippen LogP contribution in [-0.4, -0.2) is 11.7 Å². The highest BCUT2D eigenvalue weighted by Gasteiger charge is 2.17. The van der Waals surface area contributed by atoms with Crippen LogP contribution in [0.5, 0.6) is 5.75 Å². The number of methoxy groups -OCH3 is 1. The summed E-state index contributed by atoms with van der Waals surface area (Å²) in [7, 11) is 1.70. The van der Waals surface area contributed by atoms with Gasteiger partial charge < -0.3 is 9.30 Å². The quantitative estimate of drug-likeness (QED) is 0.395. The molecule has 25 heavy (non-hydrogen) atoms. The van der Waals surface area contributed by atoms with E-state index < -0.39 is 0 Å². The molecule has 0 fully saturated rings. The van der Waals surface area contributed by atoms with Crippen molar-refractivity contribution >= 4 is 21.5 Å². The van der Waals surface area contributed by atoms with Crippen LogP contribution in [0.3, 0.4) is 0 Å². The van der Waals surface area contributed by atoms with Gasteiger partial charge in [0.1, 0.15) is 5.75 Å². The molecule has 0 radical (unpaired) electrons. The van der Waals surface area contributed by atoms with E-state index in [1.54, 1.807) is 7.11 Å². The summed E-state index contributed by atoms with van der Waals surface area (Å²) in [6.07, 6.45) is 2.23. The Kier molecular flexibility index (Phi) is 3.04. The molecule has 1 aliphatic heterocycles. The highest BCUT2D eigenvalue weighted by Crippen LogP contribution is 2.40. The topological polar surface area (TPSA) is 14.2 Å². The van der Waals surface area contributed by atoms with Crippen LogP contribution in [0.15, 0.2) is 85.1 Å². The average Bonchev–Trinajstić information content (AvgIpc) is 3.07. The second-order valence-corrected chi connectivity index (χ2v) is 6.28. The van der Waals surface area contributed by atoms with Crippen LogP contribution in [0.25, 0.3) is 38.5 Å². The van der Waals surface area contributed by atoms with Crippen molar-refractivity contribution in [2.75, 3.05) is 7.11 Å². The Bertz CT molecular complexity index is 1170. The van der Waals surface area contributed by atoms with Gasteiger partial charge in [0.25, 0.3) is 0 Å². The molecule has 3 aromatic carbocycles. The molecule has 0 atom stereocenters. The third kappa shape index (κ3) is 2.11. The number of hydrogen-bond donors (Lipinski definition) is 0. The van der Waals surface area contributed by atoms with Gasteiger partial charge >= 0.3 is 0 Å². The first-order chi connectivity index (χ1) is 12.3. The van der Waals surface area contributed by atoms with E-state index in [-0.39, 0.29) is 0 Å². The molecule has 0 spiro atoms. The standard InChI is InChI=1S/C23H17NO/c1-25-19-12-10-18(11-13-19)24-15-17-7-3-4-8-20(17)22-14-16-6-2-5-9-21(16)23(22)24/h2-15H,1H3. The van der Waals surface area contributed by atoms with Gasteiger partial charge in [-0.3, -0.25) is 0 Å². The predicted octanol–water partition coefficient (Wildman–Crippen LogP) is 5.90. The van der Waals surface area contributed by atoms with E-state index in [0.29, 0.717) is 0 Å². The minimum atomic E-state index is 0.869. The fourth-order valence-electron chi connectivity index (χ4n) is 3.68. The third-order valence-corrected chi connectivity index (χ3v) is 4.88. The molecule has 1 aliphatic carbocycles. The Labute approximate surface area is 146 Å². The molecule has 120 valence electrons. The normalized spacial score (nSPS) is 11.4. The molecular formula is C23H17NO. The lowest BCUT2D eigenvalue weighted by Crippen LogP contribution is -2.00. The van der Waals surface area contributed by atoms with E-state index in [4.69, 9.17) is 4.74 Å². The van der Waals surface area contributed by atoms with Crippen LogP contribution in [0, 0.1) is 0 Å². The number of rotatable bonds is 2. The molecule has 1 heterocycles. The van der Waals surface area contributed by atoms with Crippen molar-refractivity contribution in [1.82, 2.24) is 4.57 Å². The number of hydrogen-bond acceptors (Lipinski definition) is 1. The first-order valence-corrected chi connectivity index (χ1v) is 8.41. The zero-order valence-corrected chi connectivity index (χ0v) is 13.9. The van der Waals surface area contributed by atoms with Gasteiger partial charge in [0.05, 0.1) is 12.8 Å². The van der Waals surface area contributed by atoms with E-state index >= 15 is 0 Å². The smallest absolute Gasteiger partial charge is 0.119 e. The number of aromatic nitrogens is 1. The van der Waals surface area contributed by atoms with E-state index in [1.807, 2.05) is 12.1 Å². The lowest BCUT2D eigenvalue weighted by atomic mass is 10.0. The summed E-state index contributed by atoms with van der Waals surface area (Å²) < 4.78 is 7.60. The molecule has 0 bridgehead atoms. The maximum Gasteiger partial charge on any atom is 0.119 e. The summed E-state index contributed by atoms with van der Waals surface area (Å²) in [5, 5.41) is 5.08. The van der Waals surface area contributed by atoms with Crippen molar-refractivity contribution in [3.8, 4) is 22.7 Å². The van der Waals surface area contributed by atoms with Crippen molar-refractivity contribution < 1.29 is 4.74 Å². The number of benzene rings is 3. The lowest BCUT2D eigenvalue weighted by Gasteiger charge is -2.17. The van der Waals surface area contributed by atoms with Gasteiger partial charge in [0.15, 0.2) is 0 Å². The van der Waals surface area contributed by atoms with Gasteiger partial charge in [-0.2, -0.15) is 0 Å². The summed E-state index contributed by atoms with van der Waals surface area (Å²) in [6.45, 7) is 0. The molecule has 2 aliphatic rings. The monoisotopic (exact) mass is 323 g/mol. The molecule has 0 N–H and O–H groups in total. The third-order valence-electron chi connectivity index (χ3n) is 4.88. The molecule has 2 nitrogen and oxygen atoms in total. The molecule has 0 amide bonds. The first-order valence-electron chi connectivity index (χ1n) is 8.41. The number of pyridine rings is 1. The van der Waals surface area contributed by atoms with Crippen molar-refractivity contribution in [2.24, 2.45) is 0 Å². The SMILES string of the molecule is COc1ccc(-n2cc3ccccc3c3cc4ccccc4c2-3)cc1. The van der Waals surface area contributed by atoms with Gasteiger partial charge in [0.2, 0.25) is 0 Å². The maximum absolute atomic E-state index is 5.31. The first kappa shape index (κ1) is 14.1. The Morgan fingerprint density at radius 3 is 2.16 bits per heavy atom. The zero-order valence-electron chi connectivity index (χ0n) is 13.9. The summed E-state index contributed by atoms with van der Waals surface area (Å²) in [6, 6.07) is 27.7. The summed E-state index contributed by atoms with van der Waals surface area (Å²) >= 11 is 0. The number of fused-ring (bicyclic) bond motifs is 5. The molecule has 0 unspecified atom stereocenters. The lowest BCUT2D eigenvalue weighted by molar-refractivity contribution is 0.415. The highest BCUT2D eigenvalue weighted by atomic mass is 16.5. The second kappa shape index (κ2) is 5.38. The number of ether oxygens (including phenoxy) is 1. The largest absolute Gasteiger partial charge is 0.497 e. The maximum atomic E-state index is 5.31. The van der Waals surface area contributed by atoms with Crippen molar-refractivity contribution in [3.05, 3.63) is 85.1 Å². The van der Waals surface area contributed by atoms with Crippen molar-refractivity contribution in [3.63, 3.8) is 0 Å². The zero-order chi connectivity index (χ0) is 16.8. The van der Waals surface area contributed by atoms with Crippen LogP contribution >= 0.6 is 0 Å². The summed E-state index contributed by atoms with van der Waals surface area (Å²) in [5.74, 6) is 0.869. The minimum Gasteiger partial charge on any atom is -0.497 e. The second-order valence-electron chi connectivity index (χ2n) is 6.28. The van der Waals surface area contributed by atoms with E-state index in [1.165, 1.54) is 32.8 Å². The van der Waals surface area contributed by atoms with E-state index in [9.17, 15) is 0 Å². The predicted molar refractivity (Wildman–Crippen MR) is 104 cm³/mol. The molecular weight excluding hydrogens is 306 g/mol. The van der Waals surface area contributed by atoms with Gasteiger partial charge in [-0.15, -0.1) is 0 Å². The molecule has 0 saturated heterocycles. The number of nitrogens with zero attached hydrogens (tertiary/aromatic N) is 1. The molecule has 0 aromatic heterocycles. The fourth-order valence-corrected chi connectivity index (χ4v) is 3.68. The molecule has 0 saturated carbocycles. The molecule has 5 rings (SSSR count). The highest BCUT2D eigenvalue weighted by molar-refractivity contribution is 6.10. The van der Waals surface area contributed by atoms with Crippen LogP contribution < -0.4 is 4.74 Å². The van der Waals surface area contributed by atoms with Crippen LogP contribution in [0.1, 0.15) is 0 Å². The van der Waals surface area contributed by atoms with Crippen molar-refractivity contribution in [2.45, 2.75) is 0 Å². The summed E-state index contributed by atoms with van der Waals surface area (Å²) in [4.78, 5) is 0. The van der Waals surface area contributed by atoms with Crippen LogP contribution in [0.2, 0.25) is 0 Å². The Hall–Kier alpha value is -3.26.